The molecular formula is C24H36N2OS. The van der Waals surface area contributed by atoms with Crippen molar-refractivity contribution in [2.75, 3.05) is 12.3 Å². The Labute approximate surface area is 176 Å². The summed E-state index contributed by atoms with van der Waals surface area (Å²) in [7, 11) is 0. The second kappa shape index (κ2) is 9.46. The Morgan fingerprint density at radius 2 is 2.18 bits per heavy atom. The number of thiol groups is 1. The fourth-order valence-electron chi connectivity index (χ4n) is 6.50. The molecule has 0 bridgehead atoms. The number of nitriles is 1. The van der Waals surface area contributed by atoms with Crippen LogP contribution in [0.5, 0.6) is 0 Å². The Balaban J connectivity index is 2.57. The largest absolute Gasteiger partial charge is 0.330 e. The highest BCUT2D eigenvalue weighted by atomic mass is 32.1. The van der Waals surface area contributed by atoms with E-state index in [1.165, 1.54) is 0 Å². The van der Waals surface area contributed by atoms with E-state index in [1.807, 2.05) is 6.92 Å². The van der Waals surface area contributed by atoms with Gasteiger partial charge in [0.1, 0.15) is 6.29 Å². The van der Waals surface area contributed by atoms with Gasteiger partial charge in [-0.05, 0) is 74.8 Å². The Hall–Kier alpha value is -1.31. The van der Waals surface area contributed by atoms with Gasteiger partial charge >= 0.3 is 0 Å². The van der Waals surface area contributed by atoms with E-state index in [1.54, 1.807) is 6.08 Å². The Morgan fingerprint density at radius 1 is 1.46 bits per heavy atom. The topological polar surface area (TPSA) is 66.9 Å². The van der Waals surface area contributed by atoms with Gasteiger partial charge in [0.2, 0.25) is 0 Å². The van der Waals surface area contributed by atoms with Crippen LogP contribution in [0.2, 0.25) is 0 Å². The molecule has 0 amide bonds. The number of carbonyl (C=O) groups is 1. The molecule has 0 spiro atoms. The second-order valence-electron chi connectivity index (χ2n) is 9.20. The molecule has 0 heterocycles. The monoisotopic (exact) mass is 400 g/mol. The molecule has 4 heteroatoms. The predicted molar refractivity (Wildman–Crippen MR) is 120 cm³/mol. The van der Waals surface area contributed by atoms with Crippen molar-refractivity contribution in [2.24, 2.45) is 40.2 Å². The van der Waals surface area contributed by atoms with E-state index in [2.05, 4.69) is 51.3 Å². The van der Waals surface area contributed by atoms with E-state index < -0.39 is 0 Å². The summed E-state index contributed by atoms with van der Waals surface area (Å²) in [5.74, 6) is 1.71. The maximum Gasteiger partial charge on any atom is 0.142 e. The predicted octanol–water partition coefficient (Wildman–Crippen LogP) is 5.11. The number of nitrogens with zero attached hydrogens (tertiary/aromatic N) is 1. The van der Waals surface area contributed by atoms with Crippen LogP contribution >= 0.6 is 12.6 Å². The van der Waals surface area contributed by atoms with Gasteiger partial charge in [0, 0.05) is 11.2 Å². The van der Waals surface area contributed by atoms with Crippen molar-refractivity contribution >= 4 is 18.9 Å². The van der Waals surface area contributed by atoms with Gasteiger partial charge in [-0.1, -0.05) is 43.7 Å². The van der Waals surface area contributed by atoms with Gasteiger partial charge in [0.15, 0.2) is 0 Å². The molecule has 6 atom stereocenters. The highest BCUT2D eigenvalue weighted by Crippen LogP contribution is 2.63. The van der Waals surface area contributed by atoms with Crippen molar-refractivity contribution in [3.05, 3.63) is 36.0 Å². The smallest absolute Gasteiger partial charge is 0.142 e. The van der Waals surface area contributed by atoms with E-state index in [-0.39, 0.29) is 22.7 Å². The average Bonchev–Trinajstić information content (AvgIpc) is 2.66. The molecule has 0 aromatic rings. The lowest BCUT2D eigenvalue weighted by molar-refractivity contribution is -0.104. The molecule has 6 unspecified atom stereocenters. The molecule has 0 aliphatic heterocycles. The van der Waals surface area contributed by atoms with Gasteiger partial charge in [0.05, 0.1) is 12.0 Å². The van der Waals surface area contributed by atoms with Crippen LogP contribution in [0.3, 0.4) is 0 Å². The molecule has 3 nitrogen and oxygen atoms in total. The van der Waals surface area contributed by atoms with Crippen LogP contribution < -0.4 is 5.73 Å². The van der Waals surface area contributed by atoms with Crippen molar-refractivity contribution in [1.82, 2.24) is 0 Å². The van der Waals surface area contributed by atoms with Gasteiger partial charge in [-0.25, -0.2) is 0 Å². The van der Waals surface area contributed by atoms with E-state index in [9.17, 15) is 10.1 Å². The highest BCUT2D eigenvalue weighted by Gasteiger charge is 2.57. The fraction of sp³-hybridized carbons (Fsp3) is 0.667. The minimum atomic E-state index is -0.256. The minimum absolute atomic E-state index is 0.0173. The number of carbonyl (C=O) groups excluding carboxylic acids is 1. The number of fused-ring (bicyclic) bond motifs is 1. The number of hydrogen-bond acceptors (Lipinski definition) is 4. The summed E-state index contributed by atoms with van der Waals surface area (Å²) in [4.78, 5) is 11.3. The molecule has 2 aliphatic carbocycles. The van der Waals surface area contributed by atoms with Crippen molar-refractivity contribution in [2.45, 2.75) is 52.9 Å². The first-order chi connectivity index (χ1) is 13.3. The number of allylic oxidation sites excluding steroid dienone is 4. The molecule has 2 saturated carbocycles. The lowest BCUT2D eigenvalue weighted by Crippen LogP contribution is -2.53. The van der Waals surface area contributed by atoms with Crippen LogP contribution in [0.4, 0.5) is 0 Å². The standard InChI is InChI=1S/C24H36N2OS/c1-5-10-24(4)19(9-12-27)6-7-20-21(8-11-25)23(3,13-17(2)16-28)14-18(15-26)22(20)24/h5,9-10,12,18,20-22,28H,2,6-8,11,13-14,16,25H2,1,3-4H3/b10-5-,19-9-. The number of rotatable bonds is 7. The summed E-state index contributed by atoms with van der Waals surface area (Å²) in [6.45, 7) is 11.4. The minimum Gasteiger partial charge on any atom is -0.330 e. The summed E-state index contributed by atoms with van der Waals surface area (Å²) >= 11 is 4.42. The quantitative estimate of drug-likeness (QED) is 0.270. The van der Waals surface area contributed by atoms with Gasteiger partial charge in [-0.2, -0.15) is 17.9 Å². The molecule has 2 aliphatic rings. The molecule has 2 rings (SSSR count). The SMILES string of the molecule is C=C(CS)CC1(C)CC(C#N)C2C(CC/C(=C/C=O)C2(C)/C=C\C)C1CCN. The molecule has 154 valence electrons. The zero-order chi connectivity index (χ0) is 20.9. The first kappa shape index (κ1) is 23.0. The molecule has 0 aromatic carbocycles. The van der Waals surface area contributed by atoms with E-state index >= 15 is 0 Å². The van der Waals surface area contributed by atoms with Crippen LogP contribution in [0.15, 0.2) is 36.0 Å². The van der Waals surface area contributed by atoms with E-state index in [0.29, 0.717) is 24.1 Å². The molecule has 0 radical (unpaired) electrons. The van der Waals surface area contributed by atoms with Gasteiger partial charge < -0.3 is 5.73 Å². The zero-order valence-electron chi connectivity index (χ0n) is 17.7. The Morgan fingerprint density at radius 3 is 2.71 bits per heavy atom. The van der Waals surface area contributed by atoms with Crippen molar-refractivity contribution in [3.63, 3.8) is 0 Å². The Kier molecular flexibility index (Phi) is 7.76. The molecule has 2 N–H and O–H groups in total. The summed E-state index contributed by atoms with van der Waals surface area (Å²) in [5.41, 5.74) is 8.12. The average molecular weight is 401 g/mol. The molecule has 28 heavy (non-hydrogen) atoms. The molecular weight excluding hydrogens is 364 g/mol. The van der Waals surface area contributed by atoms with E-state index in [4.69, 9.17) is 5.73 Å². The Bertz CT molecular complexity index is 691. The van der Waals surface area contributed by atoms with Gasteiger partial charge in [0.25, 0.3) is 0 Å². The summed E-state index contributed by atoms with van der Waals surface area (Å²) < 4.78 is 0. The summed E-state index contributed by atoms with van der Waals surface area (Å²) in [6, 6.07) is 2.66. The first-order valence-electron chi connectivity index (χ1n) is 10.5. The third kappa shape index (κ3) is 4.16. The maximum atomic E-state index is 11.3. The third-order valence-electron chi connectivity index (χ3n) is 7.43. The van der Waals surface area contributed by atoms with Crippen LogP contribution in [0.25, 0.3) is 0 Å². The third-order valence-corrected chi connectivity index (χ3v) is 7.87. The zero-order valence-corrected chi connectivity index (χ0v) is 18.6. The molecule has 2 fully saturated rings. The van der Waals surface area contributed by atoms with Gasteiger partial charge in [-0.15, -0.1) is 0 Å². The maximum absolute atomic E-state index is 11.3. The second-order valence-corrected chi connectivity index (χ2v) is 9.52. The van der Waals surface area contributed by atoms with Crippen molar-refractivity contribution < 1.29 is 4.79 Å². The van der Waals surface area contributed by atoms with E-state index in [0.717, 1.165) is 49.5 Å². The van der Waals surface area contributed by atoms with Gasteiger partial charge in [-0.3, -0.25) is 4.79 Å². The van der Waals surface area contributed by atoms with Crippen molar-refractivity contribution in [1.29, 1.82) is 5.26 Å². The fourth-order valence-corrected chi connectivity index (χ4v) is 6.61. The van der Waals surface area contributed by atoms with Crippen molar-refractivity contribution in [3.8, 4) is 6.07 Å². The molecule has 0 saturated heterocycles. The molecule has 0 aromatic heterocycles. The highest BCUT2D eigenvalue weighted by molar-refractivity contribution is 7.80. The van der Waals surface area contributed by atoms with Crippen LogP contribution in [-0.2, 0) is 4.79 Å². The van der Waals surface area contributed by atoms with Crippen LogP contribution in [0.1, 0.15) is 52.9 Å². The normalized spacial score (nSPS) is 39.5. The number of hydrogen-bond donors (Lipinski definition) is 2. The number of aldehydes is 1. The van der Waals surface area contributed by atoms with Crippen LogP contribution in [0, 0.1) is 45.8 Å². The van der Waals surface area contributed by atoms with Crippen LogP contribution in [-0.4, -0.2) is 18.6 Å². The summed E-state index contributed by atoms with van der Waals surface area (Å²) in [6.07, 6.45) is 11.6. The summed E-state index contributed by atoms with van der Waals surface area (Å²) in [5, 5.41) is 10.2. The first-order valence-corrected chi connectivity index (χ1v) is 11.1. The number of nitrogens with two attached hydrogens (primary N) is 1. The lowest BCUT2D eigenvalue weighted by Gasteiger charge is -2.59. The lowest BCUT2D eigenvalue weighted by atomic mass is 9.44.